The summed E-state index contributed by atoms with van der Waals surface area (Å²) >= 11 is 9.81. The van der Waals surface area contributed by atoms with Gasteiger partial charge in [-0.3, -0.25) is 11.3 Å². The molecule has 0 spiro atoms. The van der Waals surface area contributed by atoms with Crippen molar-refractivity contribution in [2.75, 3.05) is 0 Å². The molecule has 0 fully saturated rings. The summed E-state index contributed by atoms with van der Waals surface area (Å²) in [5, 5.41) is 0.518. The standard InChI is InChI=1S/C7H8ClFN2.CH4N2S/c8-7-2-1-6(9)3-5(7)4-11-10;2-1(3)4/h1-3,11H,4,10H2;(H4,2,3,4). The van der Waals surface area contributed by atoms with E-state index >= 15 is 0 Å². The summed E-state index contributed by atoms with van der Waals surface area (Å²) in [7, 11) is 0. The Hall–Kier alpha value is -0.950. The summed E-state index contributed by atoms with van der Waals surface area (Å²) in [5.74, 6) is 4.74. The molecule has 84 valence electrons. The molecule has 4 nitrogen and oxygen atoms in total. The van der Waals surface area contributed by atoms with Gasteiger partial charge in [0.25, 0.3) is 0 Å². The van der Waals surface area contributed by atoms with E-state index < -0.39 is 0 Å². The van der Waals surface area contributed by atoms with Crippen LogP contribution in [0.15, 0.2) is 18.2 Å². The number of thiocarbonyl (C=S) groups is 1. The molecule has 0 aliphatic heterocycles. The second kappa shape index (κ2) is 7.36. The van der Waals surface area contributed by atoms with Gasteiger partial charge in [0.05, 0.1) is 0 Å². The second-order valence-corrected chi connectivity index (χ2v) is 3.40. The Morgan fingerprint density at radius 1 is 1.47 bits per heavy atom. The SMILES string of the molecule is NC(N)=S.NNCc1cc(F)ccc1Cl. The van der Waals surface area contributed by atoms with E-state index in [9.17, 15) is 4.39 Å². The average Bonchev–Trinajstić information content (AvgIpc) is 2.11. The molecule has 7 N–H and O–H groups in total. The number of rotatable bonds is 2. The van der Waals surface area contributed by atoms with Gasteiger partial charge in [-0.1, -0.05) is 11.6 Å². The van der Waals surface area contributed by atoms with E-state index in [0.717, 1.165) is 0 Å². The lowest BCUT2D eigenvalue weighted by atomic mass is 10.2. The fraction of sp³-hybridized carbons (Fsp3) is 0.125. The Kier molecular flexibility index (Phi) is 6.89. The normalized spacial score (nSPS) is 9.00. The Morgan fingerprint density at radius 2 is 2.00 bits per heavy atom. The Bertz CT molecular complexity index is 330. The molecule has 0 radical (unpaired) electrons. The molecule has 7 heteroatoms. The van der Waals surface area contributed by atoms with Gasteiger partial charge in [-0.15, -0.1) is 0 Å². The fourth-order valence-electron chi connectivity index (χ4n) is 0.789. The minimum absolute atomic E-state index is 0.000000000000000222. The van der Waals surface area contributed by atoms with Crippen LogP contribution < -0.4 is 22.7 Å². The number of benzene rings is 1. The third kappa shape index (κ3) is 7.03. The molecule has 15 heavy (non-hydrogen) atoms. The van der Waals surface area contributed by atoms with Crippen molar-refractivity contribution in [2.24, 2.45) is 17.3 Å². The van der Waals surface area contributed by atoms with Crippen molar-refractivity contribution in [3.8, 4) is 0 Å². The van der Waals surface area contributed by atoms with Crippen LogP contribution >= 0.6 is 23.8 Å². The van der Waals surface area contributed by atoms with E-state index in [2.05, 4.69) is 29.1 Å². The molecule has 0 saturated carbocycles. The number of hydrogen-bond donors (Lipinski definition) is 4. The number of nitrogens with one attached hydrogen (secondary N) is 1. The number of hydrogen-bond acceptors (Lipinski definition) is 3. The molecule has 0 amide bonds. The van der Waals surface area contributed by atoms with Crippen molar-refractivity contribution in [1.29, 1.82) is 0 Å². The monoisotopic (exact) mass is 250 g/mol. The van der Waals surface area contributed by atoms with E-state index in [4.69, 9.17) is 17.4 Å². The lowest BCUT2D eigenvalue weighted by Crippen LogP contribution is -2.21. The van der Waals surface area contributed by atoms with Crippen LogP contribution in [0.5, 0.6) is 0 Å². The lowest BCUT2D eigenvalue weighted by Gasteiger charge is -2.01. The first-order chi connectivity index (χ1) is 6.97. The summed E-state index contributed by atoms with van der Waals surface area (Å²) in [5.41, 5.74) is 12.3. The molecule has 0 heterocycles. The predicted octanol–water partition coefficient (Wildman–Crippen LogP) is 0.631. The van der Waals surface area contributed by atoms with Gasteiger partial charge in [0, 0.05) is 11.6 Å². The van der Waals surface area contributed by atoms with Crippen molar-refractivity contribution >= 4 is 28.9 Å². The maximum absolute atomic E-state index is 12.5. The van der Waals surface area contributed by atoms with Crippen molar-refractivity contribution in [3.05, 3.63) is 34.6 Å². The third-order valence-electron chi connectivity index (χ3n) is 1.30. The highest BCUT2D eigenvalue weighted by atomic mass is 35.5. The minimum Gasteiger partial charge on any atom is -0.377 e. The van der Waals surface area contributed by atoms with Crippen LogP contribution in [0, 0.1) is 5.82 Å². The van der Waals surface area contributed by atoms with Crippen LogP contribution in [0.3, 0.4) is 0 Å². The van der Waals surface area contributed by atoms with Crippen LogP contribution in [-0.4, -0.2) is 5.11 Å². The molecule has 0 aliphatic rings. The summed E-state index contributed by atoms with van der Waals surface area (Å²) < 4.78 is 12.5. The van der Waals surface area contributed by atoms with Gasteiger partial charge >= 0.3 is 0 Å². The quantitative estimate of drug-likeness (QED) is 0.351. The Balaban J connectivity index is 0.000000423. The van der Waals surface area contributed by atoms with Gasteiger partial charge in [0.1, 0.15) is 5.82 Å². The topological polar surface area (TPSA) is 90.1 Å². The van der Waals surface area contributed by atoms with E-state index in [1.54, 1.807) is 0 Å². The van der Waals surface area contributed by atoms with Crippen LogP contribution in [-0.2, 0) is 6.54 Å². The third-order valence-corrected chi connectivity index (χ3v) is 1.67. The summed E-state index contributed by atoms with van der Waals surface area (Å²) in [6, 6.07) is 4.16. The van der Waals surface area contributed by atoms with Crippen LogP contribution in [0.4, 0.5) is 4.39 Å². The largest absolute Gasteiger partial charge is 0.377 e. The number of hydrazine groups is 1. The van der Waals surface area contributed by atoms with Gasteiger partial charge in [-0.25, -0.2) is 4.39 Å². The van der Waals surface area contributed by atoms with Gasteiger partial charge in [-0.2, -0.15) is 0 Å². The highest BCUT2D eigenvalue weighted by Gasteiger charge is 1.99. The van der Waals surface area contributed by atoms with Crippen molar-refractivity contribution in [1.82, 2.24) is 5.43 Å². The zero-order chi connectivity index (χ0) is 11.8. The van der Waals surface area contributed by atoms with Crippen LogP contribution in [0.1, 0.15) is 5.56 Å². The number of halogens is 2. The van der Waals surface area contributed by atoms with Gasteiger partial charge in [0.2, 0.25) is 0 Å². The molecule has 1 aromatic rings. The summed E-state index contributed by atoms with van der Waals surface area (Å²) in [4.78, 5) is 0. The molecule has 0 unspecified atom stereocenters. The molecular formula is C8H12ClFN4S. The number of nitrogens with two attached hydrogens (primary N) is 3. The van der Waals surface area contributed by atoms with E-state index in [1.807, 2.05) is 0 Å². The zero-order valence-electron chi connectivity index (χ0n) is 7.84. The highest BCUT2D eigenvalue weighted by molar-refractivity contribution is 7.80. The van der Waals surface area contributed by atoms with Gasteiger partial charge in [0.15, 0.2) is 5.11 Å². The van der Waals surface area contributed by atoms with E-state index in [1.165, 1.54) is 18.2 Å². The van der Waals surface area contributed by atoms with Crippen molar-refractivity contribution in [3.63, 3.8) is 0 Å². The maximum atomic E-state index is 12.5. The van der Waals surface area contributed by atoms with Crippen LogP contribution in [0.2, 0.25) is 5.02 Å². The first kappa shape index (κ1) is 14.1. The smallest absolute Gasteiger partial charge is 0.160 e. The fourth-order valence-corrected chi connectivity index (χ4v) is 0.973. The molecule has 0 bridgehead atoms. The van der Waals surface area contributed by atoms with Crippen molar-refractivity contribution in [2.45, 2.75) is 6.54 Å². The van der Waals surface area contributed by atoms with Gasteiger partial charge < -0.3 is 11.5 Å². The van der Waals surface area contributed by atoms with E-state index in [-0.39, 0.29) is 10.9 Å². The lowest BCUT2D eigenvalue weighted by molar-refractivity contribution is 0.622. The molecule has 1 rings (SSSR count). The molecule has 0 aromatic heterocycles. The zero-order valence-corrected chi connectivity index (χ0v) is 9.41. The summed E-state index contributed by atoms with van der Waals surface area (Å²) in [6.45, 7) is 0.372. The highest BCUT2D eigenvalue weighted by Crippen LogP contribution is 2.16. The molecule has 0 atom stereocenters. The Morgan fingerprint density at radius 3 is 2.47 bits per heavy atom. The average molecular weight is 251 g/mol. The van der Waals surface area contributed by atoms with E-state index in [0.29, 0.717) is 17.1 Å². The maximum Gasteiger partial charge on any atom is 0.160 e. The molecular weight excluding hydrogens is 239 g/mol. The van der Waals surface area contributed by atoms with Crippen molar-refractivity contribution < 1.29 is 4.39 Å². The first-order valence-corrected chi connectivity index (χ1v) is 4.68. The first-order valence-electron chi connectivity index (χ1n) is 3.89. The Labute approximate surface area is 97.5 Å². The van der Waals surface area contributed by atoms with Crippen LogP contribution in [0.25, 0.3) is 0 Å². The van der Waals surface area contributed by atoms with Gasteiger partial charge in [-0.05, 0) is 36.0 Å². The minimum atomic E-state index is -0.306. The molecule has 0 saturated heterocycles. The molecule has 1 aromatic carbocycles. The second-order valence-electron chi connectivity index (χ2n) is 2.52. The summed E-state index contributed by atoms with van der Waals surface area (Å²) in [6.07, 6.45) is 0. The molecule has 0 aliphatic carbocycles. The predicted molar refractivity (Wildman–Crippen MR) is 63.4 cm³/mol.